The molecule has 16 heavy (non-hydrogen) atoms. The first-order valence-electron chi connectivity index (χ1n) is 6.65. The largest absolute Gasteiger partial charge is 0.314 e. The molecule has 0 aliphatic carbocycles. The van der Waals surface area contributed by atoms with Crippen LogP contribution in [0.2, 0.25) is 0 Å². The molecule has 0 aromatic rings. The fourth-order valence-corrected chi connectivity index (χ4v) is 3.16. The van der Waals surface area contributed by atoms with E-state index >= 15 is 0 Å². The van der Waals surface area contributed by atoms with Gasteiger partial charge in [0.05, 0.1) is 0 Å². The van der Waals surface area contributed by atoms with Crippen LogP contribution in [0.3, 0.4) is 0 Å². The van der Waals surface area contributed by atoms with E-state index in [-0.39, 0.29) is 5.54 Å². The molecular formula is C13H27N3. The van der Waals surface area contributed by atoms with Crippen molar-refractivity contribution in [1.29, 1.82) is 0 Å². The van der Waals surface area contributed by atoms with E-state index in [2.05, 4.69) is 43.1 Å². The SMILES string of the molecule is CNC(C)(C)CN1CCC2CCC(C1)N2C. The Morgan fingerprint density at radius 1 is 1.19 bits per heavy atom. The third-order valence-corrected chi connectivity index (χ3v) is 4.53. The summed E-state index contributed by atoms with van der Waals surface area (Å²) in [5.41, 5.74) is 0.238. The van der Waals surface area contributed by atoms with Crippen LogP contribution >= 0.6 is 0 Å². The van der Waals surface area contributed by atoms with E-state index in [0.29, 0.717) is 0 Å². The van der Waals surface area contributed by atoms with Gasteiger partial charge in [-0.2, -0.15) is 0 Å². The number of fused-ring (bicyclic) bond motifs is 2. The number of hydrogen-bond donors (Lipinski definition) is 1. The predicted octanol–water partition coefficient (Wildman–Crippen LogP) is 1.15. The average molecular weight is 225 g/mol. The Balaban J connectivity index is 1.94. The van der Waals surface area contributed by atoms with Crippen molar-refractivity contribution >= 4 is 0 Å². The van der Waals surface area contributed by atoms with E-state index in [1.54, 1.807) is 0 Å². The van der Waals surface area contributed by atoms with Gasteiger partial charge in [-0.15, -0.1) is 0 Å². The summed E-state index contributed by atoms with van der Waals surface area (Å²) >= 11 is 0. The lowest BCUT2D eigenvalue weighted by Gasteiger charge is -2.33. The highest BCUT2D eigenvalue weighted by Gasteiger charge is 2.35. The number of likely N-dealkylation sites (N-methyl/N-ethyl adjacent to an activating group) is 2. The number of rotatable bonds is 3. The zero-order valence-corrected chi connectivity index (χ0v) is 11.3. The van der Waals surface area contributed by atoms with Crippen LogP contribution in [0.25, 0.3) is 0 Å². The first-order chi connectivity index (χ1) is 7.52. The van der Waals surface area contributed by atoms with Gasteiger partial charge < -0.3 is 5.32 Å². The average Bonchev–Trinajstić information content (AvgIpc) is 2.47. The summed E-state index contributed by atoms with van der Waals surface area (Å²) in [5.74, 6) is 0. The summed E-state index contributed by atoms with van der Waals surface area (Å²) in [5, 5.41) is 3.41. The minimum absolute atomic E-state index is 0.238. The number of nitrogens with one attached hydrogen (secondary N) is 1. The van der Waals surface area contributed by atoms with Gasteiger partial charge in [-0.3, -0.25) is 9.80 Å². The van der Waals surface area contributed by atoms with Crippen LogP contribution in [0.5, 0.6) is 0 Å². The van der Waals surface area contributed by atoms with Crippen molar-refractivity contribution in [2.75, 3.05) is 33.7 Å². The maximum absolute atomic E-state index is 3.41. The van der Waals surface area contributed by atoms with Gasteiger partial charge in [0.15, 0.2) is 0 Å². The summed E-state index contributed by atoms with van der Waals surface area (Å²) in [4.78, 5) is 5.27. The molecule has 2 aliphatic rings. The molecule has 94 valence electrons. The summed E-state index contributed by atoms with van der Waals surface area (Å²) in [6.07, 6.45) is 4.18. The van der Waals surface area contributed by atoms with E-state index in [0.717, 1.165) is 12.1 Å². The Kier molecular flexibility index (Phi) is 3.57. The van der Waals surface area contributed by atoms with Gasteiger partial charge >= 0.3 is 0 Å². The minimum atomic E-state index is 0.238. The molecular weight excluding hydrogens is 198 g/mol. The Hall–Kier alpha value is -0.120. The quantitative estimate of drug-likeness (QED) is 0.777. The maximum atomic E-state index is 3.41. The van der Waals surface area contributed by atoms with Gasteiger partial charge in [0.2, 0.25) is 0 Å². The molecule has 2 fully saturated rings. The van der Waals surface area contributed by atoms with Gasteiger partial charge in [0.25, 0.3) is 0 Å². The molecule has 0 aromatic heterocycles. The fourth-order valence-electron chi connectivity index (χ4n) is 3.16. The topological polar surface area (TPSA) is 18.5 Å². The van der Waals surface area contributed by atoms with Crippen molar-refractivity contribution < 1.29 is 0 Å². The molecule has 0 aromatic carbocycles. The lowest BCUT2D eigenvalue weighted by Crippen LogP contribution is -2.49. The third kappa shape index (κ3) is 2.58. The molecule has 0 spiro atoms. The second-order valence-electron chi connectivity index (χ2n) is 6.21. The smallest absolute Gasteiger partial charge is 0.0249 e. The molecule has 3 nitrogen and oxygen atoms in total. The first-order valence-corrected chi connectivity index (χ1v) is 6.65. The Labute approximate surface area is 100 Å². The van der Waals surface area contributed by atoms with Gasteiger partial charge in [0, 0.05) is 30.7 Å². The Morgan fingerprint density at radius 3 is 2.56 bits per heavy atom. The van der Waals surface area contributed by atoms with Gasteiger partial charge in [-0.25, -0.2) is 0 Å². The van der Waals surface area contributed by atoms with Crippen LogP contribution in [-0.4, -0.2) is 61.2 Å². The van der Waals surface area contributed by atoms with E-state index < -0.39 is 0 Å². The molecule has 2 atom stereocenters. The summed E-state index contributed by atoms with van der Waals surface area (Å²) in [7, 11) is 4.38. The van der Waals surface area contributed by atoms with Crippen molar-refractivity contribution in [3.8, 4) is 0 Å². The molecule has 2 rings (SSSR count). The second-order valence-corrected chi connectivity index (χ2v) is 6.21. The first kappa shape index (κ1) is 12.3. The van der Waals surface area contributed by atoms with Gasteiger partial charge in [0.1, 0.15) is 0 Å². The minimum Gasteiger partial charge on any atom is -0.314 e. The Morgan fingerprint density at radius 2 is 1.88 bits per heavy atom. The van der Waals surface area contributed by atoms with Crippen molar-refractivity contribution in [2.24, 2.45) is 0 Å². The molecule has 0 amide bonds. The van der Waals surface area contributed by atoms with E-state index in [1.807, 2.05) is 0 Å². The number of hydrogen-bond acceptors (Lipinski definition) is 3. The standard InChI is InChI=1S/C13H27N3/c1-13(2,14-3)10-16-8-7-11-5-6-12(9-16)15(11)4/h11-12,14H,5-10H2,1-4H3. The lowest BCUT2D eigenvalue weighted by atomic mass is 10.0. The Bertz CT molecular complexity index is 239. The molecule has 0 radical (unpaired) electrons. The highest BCUT2D eigenvalue weighted by atomic mass is 15.3. The van der Waals surface area contributed by atoms with Crippen LogP contribution in [0.15, 0.2) is 0 Å². The van der Waals surface area contributed by atoms with E-state index in [4.69, 9.17) is 0 Å². The monoisotopic (exact) mass is 225 g/mol. The molecule has 3 heteroatoms. The predicted molar refractivity (Wildman–Crippen MR) is 68.8 cm³/mol. The van der Waals surface area contributed by atoms with Gasteiger partial charge in [-0.05, 0) is 53.8 Å². The van der Waals surface area contributed by atoms with Crippen LogP contribution in [0.4, 0.5) is 0 Å². The van der Waals surface area contributed by atoms with Crippen LogP contribution in [-0.2, 0) is 0 Å². The van der Waals surface area contributed by atoms with Crippen molar-refractivity contribution in [2.45, 2.75) is 50.7 Å². The van der Waals surface area contributed by atoms with Crippen molar-refractivity contribution in [3.63, 3.8) is 0 Å². The molecule has 2 bridgehead atoms. The number of nitrogens with zero attached hydrogens (tertiary/aromatic N) is 2. The second kappa shape index (κ2) is 4.63. The highest BCUT2D eigenvalue weighted by molar-refractivity contribution is 4.93. The zero-order chi connectivity index (χ0) is 11.8. The highest BCUT2D eigenvalue weighted by Crippen LogP contribution is 2.28. The van der Waals surface area contributed by atoms with E-state index in [1.165, 1.54) is 38.9 Å². The summed E-state index contributed by atoms with van der Waals surface area (Å²) < 4.78 is 0. The molecule has 0 saturated carbocycles. The lowest BCUT2D eigenvalue weighted by molar-refractivity contribution is 0.183. The third-order valence-electron chi connectivity index (χ3n) is 4.53. The fraction of sp³-hybridized carbons (Fsp3) is 1.00. The van der Waals surface area contributed by atoms with Crippen LogP contribution in [0.1, 0.15) is 33.1 Å². The van der Waals surface area contributed by atoms with E-state index in [9.17, 15) is 0 Å². The molecule has 2 heterocycles. The van der Waals surface area contributed by atoms with Crippen LogP contribution < -0.4 is 5.32 Å². The van der Waals surface area contributed by atoms with Crippen molar-refractivity contribution in [3.05, 3.63) is 0 Å². The van der Waals surface area contributed by atoms with Crippen LogP contribution in [0, 0.1) is 0 Å². The number of likely N-dealkylation sites (tertiary alicyclic amines) is 1. The maximum Gasteiger partial charge on any atom is 0.0249 e. The molecule has 2 saturated heterocycles. The molecule has 2 unspecified atom stereocenters. The van der Waals surface area contributed by atoms with Crippen molar-refractivity contribution in [1.82, 2.24) is 15.1 Å². The summed E-state index contributed by atoms with van der Waals surface area (Å²) in [6, 6.07) is 1.66. The molecule has 2 aliphatic heterocycles. The van der Waals surface area contributed by atoms with Gasteiger partial charge in [-0.1, -0.05) is 0 Å². The zero-order valence-electron chi connectivity index (χ0n) is 11.3. The summed E-state index contributed by atoms with van der Waals surface area (Å²) in [6.45, 7) is 8.29. The molecule has 1 N–H and O–H groups in total. The normalized spacial score (nSPS) is 33.0.